The first-order valence-corrected chi connectivity index (χ1v) is 9.93. The highest BCUT2D eigenvalue weighted by Crippen LogP contribution is 2.67. The molecule has 5 aliphatic heterocycles. The molecule has 1 aliphatic carbocycles. The molecule has 2 bridgehead atoms. The minimum Gasteiger partial charge on any atom is -0.632 e. The Morgan fingerprint density at radius 3 is 3.12 bits per heavy atom. The lowest BCUT2D eigenvalue weighted by Crippen LogP contribution is -2.71. The number of hydroxylamine groups is 3. The maximum Gasteiger partial charge on any atom is 0.229 e. The Bertz CT molecular complexity index is 897. The molecular formula is C21H22N2O3. The summed E-state index contributed by atoms with van der Waals surface area (Å²) >= 11 is 0. The van der Waals surface area contributed by atoms with Crippen LogP contribution >= 0.6 is 0 Å². The minimum absolute atomic E-state index is 0.00175. The van der Waals surface area contributed by atoms with Crippen molar-refractivity contribution < 1.29 is 14.2 Å². The number of rotatable bonds is 0. The molecule has 1 aromatic carbocycles. The molecule has 0 N–H and O–H groups in total. The maximum atomic E-state index is 13.9. The van der Waals surface area contributed by atoms with Crippen molar-refractivity contribution in [1.82, 2.24) is 0 Å². The number of ether oxygens (including phenoxy) is 1. The number of para-hydroxylation sites is 1. The molecule has 7 rings (SSSR count). The van der Waals surface area contributed by atoms with E-state index in [1.165, 1.54) is 11.1 Å². The van der Waals surface area contributed by atoms with Gasteiger partial charge in [0.15, 0.2) is 0 Å². The maximum absolute atomic E-state index is 13.9. The summed E-state index contributed by atoms with van der Waals surface area (Å²) in [5.41, 5.74) is 3.46. The molecule has 1 amide bonds. The van der Waals surface area contributed by atoms with E-state index in [4.69, 9.17) is 4.74 Å². The fourth-order valence-electron chi connectivity index (χ4n) is 7.77. The number of hydrogen-bond acceptors (Lipinski definition) is 3. The predicted molar refractivity (Wildman–Crippen MR) is 95.2 cm³/mol. The zero-order valence-corrected chi connectivity index (χ0v) is 14.6. The van der Waals surface area contributed by atoms with Crippen molar-refractivity contribution in [2.45, 2.75) is 42.9 Å². The first-order chi connectivity index (χ1) is 12.6. The van der Waals surface area contributed by atoms with E-state index in [-0.39, 0.29) is 34.2 Å². The molecule has 6 aliphatic rings. The number of piperidine rings is 2. The second-order valence-corrected chi connectivity index (χ2v) is 9.14. The van der Waals surface area contributed by atoms with Crippen molar-refractivity contribution in [2.24, 2.45) is 11.8 Å². The number of anilines is 1. The summed E-state index contributed by atoms with van der Waals surface area (Å²) in [6, 6.07) is 8.58. The van der Waals surface area contributed by atoms with E-state index in [1.807, 2.05) is 6.07 Å². The molecule has 0 unspecified atom stereocenters. The fourth-order valence-corrected chi connectivity index (χ4v) is 7.77. The summed E-state index contributed by atoms with van der Waals surface area (Å²) in [5.74, 6) is 0.922. The molecule has 26 heavy (non-hydrogen) atoms. The molecule has 0 aromatic heterocycles. The Balaban J connectivity index is 1.56. The number of benzene rings is 1. The van der Waals surface area contributed by atoms with Gasteiger partial charge in [0.2, 0.25) is 5.91 Å². The number of hydrogen-bond donors (Lipinski definition) is 0. The van der Waals surface area contributed by atoms with Gasteiger partial charge in [-0.3, -0.25) is 4.79 Å². The molecule has 0 radical (unpaired) electrons. The van der Waals surface area contributed by atoms with Crippen LogP contribution in [0.1, 0.15) is 24.8 Å². The Morgan fingerprint density at radius 2 is 2.19 bits per heavy atom. The lowest BCUT2D eigenvalue weighted by atomic mass is 9.53. The van der Waals surface area contributed by atoms with Crippen molar-refractivity contribution >= 4 is 11.6 Å². The summed E-state index contributed by atoms with van der Waals surface area (Å²) < 4.78 is 6.10. The van der Waals surface area contributed by atoms with Crippen LogP contribution in [-0.4, -0.2) is 48.4 Å². The van der Waals surface area contributed by atoms with Gasteiger partial charge in [-0.1, -0.05) is 24.3 Å². The van der Waals surface area contributed by atoms with Gasteiger partial charge in [0.25, 0.3) is 0 Å². The van der Waals surface area contributed by atoms with E-state index in [0.717, 1.165) is 18.5 Å². The number of fused-ring (bicyclic) bond motifs is 2. The molecule has 5 heterocycles. The molecule has 5 nitrogen and oxygen atoms in total. The molecule has 7 atom stereocenters. The summed E-state index contributed by atoms with van der Waals surface area (Å²) in [5, 5.41) is 13.9. The third kappa shape index (κ3) is 1.33. The van der Waals surface area contributed by atoms with Crippen molar-refractivity contribution in [2.75, 3.05) is 24.6 Å². The molecule has 4 fully saturated rings. The lowest BCUT2D eigenvalue weighted by Gasteiger charge is -2.61. The number of quaternary nitrogens is 1. The minimum atomic E-state index is -0.174. The number of carbonyl (C=O) groups excluding carboxylic acids is 1. The van der Waals surface area contributed by atoms with Gasteiger partial charge < -0.3 is 19.5 Å². The van der Waals surface area contributed by atoms with Gasteiger partial charge in [0, 0.05) is 24.4 Å². The van der Waals surface area contributed by atoms with Crippen LogP contribution in [0.5, 0.6) is 0 Å². The third-order valence-corrected chi connectivity index (χ3v) is 8.50. The van der Waals surface area contributed by atoms with Crippen molar-refractivity contribution in [3.8, 4) is 0 Å². The van der Waals surface area contributed by atoms with Crippen molar-refractivity contribution in [3.63, 3.8) is 0 Å². The smallest absolute Gasteiger partial charge is 0.229 e. The number of amides is 1. The summed E-state index contributed by atoms with van der Waals surface area (Å²) in [7, 11) is 0. The molecule has 134 valence electrons. The number of nitrogens with zero attached hydrogens (tertiary/aromatic N) is 2. The largest absolute Gasteiger partial charge is 0.632 e. The van der Waals surface area contributed by atoms with Gasteiger partial charge in [-0.25, -0.2) is 0 Å². The van der Waals surface area contributed by atoms with Gasteiger partial charge in [-0.05, 0) is 23.1 Å². The fraction of sp³-hybridized carbons (Fsp3) is 0.571. The first kappa shape index (κ1) is 14.4. The zero-order valence-electron chi connectivity index (χ0n) is 14.6. The monoisotopic (exact) mass is 350 g/mol. The van der Waals surface area contributed by atoms with Gasteiger partial charge in [0.1, 0.15) is 12.6 Å². The van der Waals surface area contributed by atoms with Gasteiger partial charge in [-0.2, -0.15) is 0 Å². The van der Waals surface area contributed by atoms with E-state index in [9.17, 15) is 10.0 Å². The Labute approximate surface area is 152 Å². The van der Waals surface area contributed by atoms with E-state index < -0.39 is 0 Å². The molecule has 1 aromatic rings. The van der Waals surface area contributed by atoms with Crippen LogP contribution in [0, 0.1) is 17.0 Å². The normalized spacial score (nSPS) is 49.6. The second kappa shape index (κ2) is 4.24. The Hall–Kier alpha value is -1.69. The second-order valence-electron chi connectivity index (χ2n) is 9.14. The van der Waals surface area contributed by atoms with E-state index in [2.05, 4.69) is 29.2 Å². The summed E-state index contributed by atoms with van der Waals surface area (Å²) in [4.78, 5) is 15.3. The van der Waals surface area contributed by atoms with E-state index in [0.29, 0.717) is 38.0 Å². The number of carbonyl (C=O) groups is 1. The van der Waals surface area contributed by atoms with Crippen LogP contribution in [0.25, 0.3) is 0 Å². The molecular weight excluding hydrogens is 328 g/mol. The van der Waals surface area contributed by atoms with Crippen LogP contribution in [-0.2, 0) is 14.9 Å². The molecule has 1 spiro atoms. The van der Waals surface area contributed by atoms with Gasteiger partial charge >= 0.3 is 0 Å². The quantitative estimate of drug-likeness (QED) is 0.409. The van der Waals surface area contributed by atoms with Crippen LogP contribution in [0.3, 0.4) is 0 Å². The average molecular weight is 350 g/mol. The topological polar surface area (TPSA) is 52.6 Å². The molecule has 1 saturated carbocycles. The summed E-state index contributed by atoms with van der Waals surface area (Å²) in [6.07, 6.45) is 4.51. The highest BCUT2D eigenvalue weighted by molar-refractivity contribution is 5.99. The molecule has 3 saturated heterocycles. The Kier molecular flexibility index (Phi) is 2.34. The van der Waals surface area contributed by atoms with Gasteiger partial charge in [0.05, 0.1) is 37.1 Å². The molecule has 5 heteroatoms. The van der Waals surface area contributed by atoms with Crippen LogP contribution < -0.4 is 4.90 Å². The average Bonchev–Trinajstić information content (AvgIpc) is 3.05. The highest BCUT2D eigenvalue weighted by Gasteiger charge is 2.74. The summed E-state index contributed by atoms with van der Waals surface area (Å²) in [6.45, 7) is 1.87. The predicted octanol–water partition coefficient (Wildman–Crippen LogP) is 2.11. The van der Waals surface area contributed by atoms with Crippen LogP contribution in [0.2, 0.25) is 0 Å². The SMILES string of the molecule is O=C1C[C@@H]2OCC=C3C[N@+]4([O-])CC[C@]56c7ccccc7N1[C@@H]5[C@H]2[C@H]3C[C@H]64. The van der Waals surface area contributed by atoms with Crippen molar-refractivity contribution in [1.29, 1.82) is 0 Å². The van der Waals surface area contributed by atoms with Crippen LogP contribution in [0.4, 0.5) is 5.69 Å². The van der Waals surface area contributed by atoms with Crippen LogP contribution in [0.15, 0.2) is 35.9 Å². The lowest BCUT2D eigenvalue weighted by molar-refractivity contribution is -0.896. The first-order valence-electron chi connectivity index (χ1n) is 9.93. The Morgan fingerprint density at radius 1 is 1.31 bits per heavy atom. The third-order valence-electron chi connectivity index (χ3n) is 8.50. The van der Waals surface area contributed by atoms with Crippen molar-refractivity contribution in [3.05, 3.63) is 46.7 Å². The van der Waals surface area contributed by atoms with Gasteiger partial charge in [-0.15, -0.1) is 0 Å². The standard InChI is InChI=1S/C21H22N2O3/c24-18-10-16-19-13-9-17-21(6-7-23(17,25)11-12(13)5-8-26-16)14-3-1-2-4-15(14)22(18)20(19)21/h1-5,13,16-17,19-20H,6-11H2/t13-,16-,17+,19-,20+,21+,23+/m0/s1. The van der Waals surface area contributed by atoms with E-state index in [1.54, 1.807) is 0 Å². The van der Waals surface area contributed by atoms with E-state index >= 15 is 0 Å². The zero-order chi connectivity index (χ0) is 17.3. The highest BCUT2D eigenvalue weighted by atomic mass is 16.6.